The standard InChI is InChI=1S/C30H43N3O3/c1-17-19-7-9-28(4)20-8-10-30(33-26(36)32-6)12-11-27(2,3)15-21(30)24(20)22(34)13-23(28)29(19,5)14-18(16-31)25(17)35/h14,17,19-21,23-24H,7-13,15H2,1-6H3,(H2,32,33,36). The van der Waals surface area contributed by atoms with Crippen LogP contribution in [0.3, 0.4) is 0 Å². The third kappa shape index (κ3) is 3.44. The van der Waals surface area contributed by atoms with Crippen molar-refractivity contribution in [3.8, 4) is 6.07 Å². The van der Waals surface area contributed by atoms with Crippen molar-refractivity contribution in [1.82, 2.24) is 10.6 Å². The Morgan fingerprint density at radius 2 is 1.72 bits per heavy atom. The average molecular weight is 494 g/mol. The Bertz CT molecular complexity index is 1070. The first-order valence-electron chi connectivity index (χ1n) is 14.0. The summed E-state index contributed by atoms with van der Waals surface area (Å²) in [4.78, 5) is 39.6. The lowest BCUT2D eigenvalue weighted by Gasteiger charge is -2.67. The number of carbonyl (C=O) groups is 3. The van der Waals surface area contributed by atoms with E-state index < -0.39 is 0 Å². The lowest BCUT2D eigenvalue weighted by molar-refractivity contribution is -0.178. The maximum atomic E-state index is 14.2. The van der Waals surface area contributed by atoms with Gasteiger partial charge in [0.05, 0.1) is 5.57 Å². The predicted molar refractivity (Wildman–Crippen MR) is 138 cm³/mol. The Labute approximate surface area is 216 Å². The Morgan fingerprint density at radius 1 is 1.03 bits per heavy atom. The SMILES string of the molecule is CNC(=O)NC12CCC3C(C(=O)CC4C5(C)C=C(C#N)C(=O)C(C)C5CCC34C)C1CC(C)(C)CC2. The van der Waals surface area contributed by atoms with E-state index in [4.69, 9.17) is 0 Å². The molecule has 9 atom stereocenters. The van der Waals surface area contributed by atoms with Crippen LogP contribution in [-0.4, -0.2) is 30.2 Å². The number of hydrogen-bond donors (Lipinski definition) is 2. The minimum atomic E-state index is -0.327. The number of carbonyl (C=O) groups excluding carboxylic acids is 3. The highest BCUT2D eigenvalue weighted by molar-refractivity contribution is 6.01. The van der Waals surface area contributed by atoms with Crippen LogP contribution < -0.4 is 10.6 Å². The van der Waals surface area contributed by atoms with Gasteiger partial charge >= 0.3 is 6.03 Å². The van der Waals surface area contributed by atoms with Gasteiger partial charge in [0.25, 0.3) is 0 Å². The molecular formula is C30H43N3O3. The van der Waals surface area contributed by atoms with E-state index >= 15 is 0 Å². The van der Waals surface area contributed by atoms with Crippen LogP contribution in [0, 0.1) is 63.1 Å². The number of hydrogen-bond acceptors (Lipinski definition) is 4. The molecule has 5 aliphatic rings. The van der Waals surface area contributed by atoms with Crippen LogP contribution in [0.2, 0.25) is 0 Å². The fourth-order valence-electron chi connectivity index (χ4n) is 10.0. The number of fused-ring (bicyclic) bond motifs is 7. The van der Waals surface area contributed by atoms with Gasteiger partial charge in [-0.15, -0.1) is 0 Å². The van der Waals surface area contributed by atoms with Crippen molar-refractivity contribution in [2.75, 3.05) is 7.05 Å². The third-order valence-electron chi connectivity index (χ3n) is 11.9. The molecule has 0 aromatic heterocycles. The quantitative estimate of drug-likeness (QED) is 0.525. The summed E-state index contributed by atoms with van der Waals surface area (Å²) in [6, 6.07) is 2.03. The van der Waals surface area contributed by atoms with Gasteiger partial charge in [0.1, 0.15) is 11.9 Å². The van der Waals surface area contributed by atoms with E-state index in [9.17, 15) is 19.6 Å². The molecule has 0 heterocycles. The number of nitrogens with zero attached hydrogens (tertiary/aromatic N) is 1. The van der Waals surface area contributed by atoms with Crippen LogP contribution in [-0.2, 0) is 9.59 Å². The molecule has 4 fully saturated rings. The molecule has 9 unspecified atom stereocenters. The van der Waals surface area contributed by atoms with Crippen molar-refractivity contribution in [2.45, 2.75) is 91.5 Å². The first-order valence-corrected chi connectivity index (χ1v) is 14.0. The summed E-state index contributed by atoms with van der Waals surface area (Å²) in [7, 11) is 1.66. The summed E-state index contributed by atoms with van der Waals surface area (Å²) < 4.78 is 0. The Morgan fingerprint density at radius 3 is 2.39 bits per heavy atom. The van der Waals surface area contributed by atoms with Gasteiger partial charge in [0, 0.05) is 30.8 Å². The van der Waals surface area contributed by atoms with Crippen LogP contribution in [0.4, 0.5) is 4.79 Å². The summed E-state index contributed by atoms with van der Waals surface area (Å²) in [5.74, 6) is 0.808. The Hall–Kier alpha value is -2.16. The van der Waals surface area contributed by atoms with E-state index in [-0.39, 0.29) is 74.7 Å². The number of nitriles is 1. The normalized spacial score (nSPS) is 47.2. The van der Waals surface area contributed by atoms with E-state index in [1.165, 1.54) is 0 Å². The lowest BCUT2D eigenvalue weighted by Crippen LogP contribution is -2.69. The van der Waals surface area contributed by atoms with E-state index in [1.54, 1.807) is 7.05 Å². The Kier molecular flexibility index (Phi) is 5.78. The van der Waals surface area contributed by atoms with Crippen molar-refractivity contribution in [1.29, 1.82) is 5.26 Å². The number of rotatable bonds is 1. The molecule has 0 bridgehead atoms. The highest BCUT2D eigenvalue weighted by Crippen LogP contribution is 2.69. The molecule has 0 saturated heterocycles. The molecule has 2 N–H and O–H groups in total. The average Bonchev–Trinajstić information content (AvgIpc) is 2.82. The van der Waals surface area contributed by atoms with Gasteiger partial charge in [-0.1, -0.05) is 40.7 Å². The first kappa shape index (κ1) is 25.5. The predicted octanol–water partition coefficient (Wildman–Crippen LogP) is 5.19. The van der Waals surface area contributed by atoms with Gasteiger partial charge in [-0.2, -0.15) is 5.26 Å². The minimum Gasteiger partial charge on any atom is -0.341 e. The van der Waals surface area contributed by atoms with Crippen molar-refractivity contribution >= 4 is 17.6 Å². The fraction of sp³-hybridized carbons (Fsp3) is 0.800. The first-order chi connectivity index (χ1) is 16.8. The van der Waals surface area contributed by atoms with Gasteiger partial charge < -0.3 is 10.6 Å². The minimum absolute atomic E-state index is 0.0260. The molecule has 6 heteroatoms. The van der Waals surface area contributed by atoms with E-state index in [0.29, 0.717) is 12.2 Å². The zero-order valence-electron chi connectivity index (χ0n) is 22.9. The number of amides is 2. The molecular weight excluding hydrogens is 450 g/mol. The lowest BCUT2D eigenvalue weighted by atomic mass is 9.37. The molecule has 0 aliphatic heterocycles. The van der Waals surface area contributed by atoms with Gasteiger partial charge in [-0.3, -0.25) is 9.59 Å². The molecule has 0 radical (unpaired) electrons. The van der Waals surface area contributed by atoms with Crippen LogP contribution in [0.25, 0.3) is 0 Å². The second kappa shape index (κ2) is 8.17. The number of ketones is 2. The number of urea groups is 1. The van der Waals surface area contributed by atoms with E-state index in [2.05, 4.69) is 44.4 Å². The zero-order valence-corrected chi connectivity index (χ0v) is 22.9. The summed E-state index contributed by atoms with van der Waals surface area (Å²) in [6.45, 7) is 11.2. The molecule has 0 spiro atoms. The van der Waals surface area contributed by atoms with Gasteiger partial charge in [0.15, 0.2) is 5.78 Å². The molecule has 6 nitrogen and oxygen atoms in total. The number of Topliss-reactive ketones (excluding diaryl/α,β-unsaturated/α-hetero) is 2. The Balaban J connectivity index is 1.56. The molecule has 5 aliphatic carbocycles. The van der Waals surface area contributed by atoms with Gasteiger partial charge in [-0.25, -0.2) is 4.79 Å². The van der Waals surface area contributed by atoms with Crippen molar-refractivity contribution in [2.24, 2.45) is 51.8 Å². The molecule has 4 saturated carbocycles. The second-order valence-electron chi connectivity index (χ2n) is 14.1. The van der Waals surface area contributed by atoms with Crippen molar-refractivity contribution in [3.05, 3.63) is 11.6 Å². The highest BCUT2D eigenvalue weighted by Gasteiger charge is 2.67. The molecule has 5 rings (SSSR count). The van der Waals surface area contributed by atoms with Gasteiger partial charge in [0.2, 0.25) is 0 Å². The maximum absolute atomic E-state index is 14.2. The summed E-state index contributed by atoms with van der Waals surface area (Å²) >= 11 is 0. The van der Waals surface area contributed by atoms with Crippen LogP contribution in [0.15, 0.2) is 11.6 Å². The summed E-state index contributed by atoms with van der Waals surface area (Å²) in [5, 5.41) is 15.8. The number of nitrogens with one attached hydrogen (secondary N) is 2. The smallest absolute Gasteiger partial charge is 0.314 e. The monoisotopic (exact) mass is 493 g/mol. The summed E-state index contributed by atoms with van der Waals surface area (Å²) in [6.07, 6.45) is 9.21. The van der Waals surface area contributed by atoms with Crippen LogP contribution >= 0.6 is 0 Å². The zero-order chi connectivity index (χ0) is 26.3. The van der Waals surface area contributed by atoms with Crippen molar-refractivity contribution < 1.29 is 14.4 Å². The molecule has 196 valence electrons. The molecule has 0 aromatic rings. The topological polar surface area (TPSA) is 99.1 Å². The summed E-state index contributed by atoms with van der Waals surface area (Å²) in [5.41, 5.74) is -0.247. The van der Waals surface area contributed by atoms with Crippen molar-refractivity contribution in [3.63, 3.8) is 0 Å². The highest BCUT2D eigenvalue weighted by atomic mass is 16.2. The van der Waals surface area contributed by atoms with E-state index in [1.807, 2.05) is 13.0 Å². The van der Waals surface area contributed by atoms with Crippen LogP contribution in [0.5, 0.6) is 0 Å². The third-order valence-corrected chi connectivity index (χ3v) is 11.9. The second-order valence-corrected chi connectivity index (χ2v) is 14.1. The number of allylic oxidation sites excluding steroid dienone is 2. The van der Waals surface area contributed by atoms with Crippen LogP contribution in [0.1, 0.15) is 86.0 Å². The largest absolute Gasteiger partial charge is 0.341 e. The van der Waals surface area contributed by atoms with E-state index in [0.717, 1.165) is 44.9 Å². The fourth-order valence-corrected chi connectivity index (χ4v) is 10.0. The molecule has 0 aromatic carbocycles. The molecule has 2 amide bonds. The van der Waals surface area contributed by atoms with Gasteiger partial charge in [-0.05, 0) is 84.9 Å². The maximum Gasteiger partial charge on any atom is 0.314 e. The molecule has 36 heavy (non-hydrogen) atoms.